The number of esters is 1. The maximum absolute atomic E-state index is 12.1. The van der Waals surface area contributed by atoms with E-state index < -0.39 is 0 Å². The van der Waals surface area contributed by atoms with Gasteiger partial charge < -0.3 is 24.1 Å². The highest BCUT2D eigenvalue weighted by Gasteiger charge is 2.28. The third-order valence-corrected chi connectivity index (χ3v) is 4.49. The lowest BCUT2D eigenvalue weighted by atomic mass is 9.98. The van der Waals surface area contributed by atoms with Crippen LogP contribution in [0.1, 0.15) is 38.9 Å². The largest absolute Gasteiger partial charge is 0.469 e. The number of hydrogen-bond acceptors (Lipinski definition) is 5. The second-order valence-electron chi connectivity index (χ2n) is 6.55. The Kier molecular flexibility index (Phi) is 9.76. The Balaban J connectivity index is 1.92. The van der Waals surface area contributed by atoms with Gasteiger partial charge in [0.15, 0.2) is 5.96 Å². The molecule has 0 amide bonds. The summed E-state index contributed by atoms with van der Waals surface area (Å²) in [6.45, 7) is 8.69. The van der Waals surface area contributed by atoms with Crippen molar-refractivity contribution >= 4 is 11.9 Å². The van der Waals surface area contributed by atoms with Crippen molar-refractivity contribution in [1.82, 2.24) is 10.2 Å². The Hall–Kier alpha value is -2.02. The maximum Gasteiger partial charge on any atom is 0.310 e. The van der Waals surface area contributed by atoms with Gasteiger partial charge in [-0.25, -0.2) is 0 Å². The first kappa shape index (κ1) is 21.3. The number of carbonyl (C=O) groups is 1. The van der Waals surface area contributed by atoms with Gasteiger partial charge in [0.1, 0.15) is 5.76 Å². The molecule has 0 aliphatic carbocycles. The van der Waals surface area contributed by atoms with Gasteiger partial charge in [0, 0.05) is 45.8 Å². The van der Waals surface area contributed by atoms with E-state index >= 15 is 0 Å². The SMILES string of the molecule is CCOCCCN=C(NCCc1ccco1)N1CCCC(C(=O)OCC)C1. The van der Waals surface area contributed by atoms with Gasteiger partial charge >= 0.3 is 5.97 Å². The van der Waals surface area contributed by atoms with Gasteiger partial charge in [-0.2, -0.15) is 0 Å². The highest BCUT2D eigenvalue weighted by atomic mass is 16.5. The molecule has 152 valence electrons. The summed E-state index contributed by atoms with van der Waals surface area (Å²) >= 11 is 0. The molecule has 7 nitrogen and oxygen atoms in total. The molecule has 1 N–H and O–H groups in total. The van der Waals surface area contributed by atoms with E-state index in [2.05, 4.69) is 10.2 Å². The number of likely N-dealkylation sites (tertiary alicyclic amines) is 1. The number of hydrogen-bond donors (Lipinski definition) is 1. The van der Waals surface area contributed by atoms with Gasteiger partial charge in [0.25, 0.3) is 0 Å². The van der Waals surface area contributed by atoms with Crippen molar-refractivity contribution in [2.45, 2.75) is 39.5 Å². The fourth-order valence-electron chi connectivity index (χ4n) is 3.14. The summed E-state index contributed by atoms with van der Waals surface area (Å²) in [5.41, 5.74) is 0. The Morgan fingerprint density at radius 2 is 2.30 bits per heavy atom. The molecule has 1 aliphatic heterocycles. The first-order valence-corrected chi connectivity index (χ1v) is 10.0. The van der Waals surface area contributed by atoms with Gasteiger partial charge in [-0.3, -0.25) is 9.79 Å². The molecule has 1 unspecified atom stereocenters. The third kappa shape index (κ3) is 7.62. The maximum atomic E-state index is 12.1. The van der Waals surface area contributed by atoms with Crippen molar-refractivity contribution in [3.8, 4) is 0 Å². The quantitative estimate of drug-likeness (QED) is 0.291. The minimum absolute atomic E-state index is 0.0841. The van der Waals surface area contributed by atoms with E-state index in [4.69, 9.17) is 18.9 Å². The highest BCUT2D eigenvalue weighted by Crippen LogP contribution is 2.18. The Morgan fingerprint density at radius 1 is 1.41 bits per heavy atom. The zero-order chi connectivity index (χ0) is 19.3. The van der Waals surface area contributed by atoms with Crippen LogP contribution >= 0.6 is 0 Å². The predicted molar refractivity (Wildman–Crippen MR) is 105 cm³/mol. The molecule has 1 aromatic heterocycles. The Morgan fingerprint density at radius 3 is 3.04 bits per heavy atom. The van der Waals surface area contributed by atoms with Crippen molar-refractivity contribution in [2.75, 3.05) is 46.0 Å². The van der Waals surface area contributed by atoms with Crippen LogP contribution in [0, 0.1) is 5.92 Å². The van der Waals surface area contributed by atoms with Crippen LogP contribution < -0.4 is 5.32 Å². The fraction of sp³-hybridized carbons (Fsp3) is 0.700. The predicted octanol–water partition coefficient (Wildman–Crippen LogP) is 2.47. The molecule has 7 heteroatoms. The third-order valence-electron chi connectivity index (χ3n) is 4.49. The van der Waals surface area contributed by atoms with Crippen LogP contribution in [0.25, 0.3) is 0 Å². The summed E-state index contributed by atoms with van der Waals surface area (Å²) in [5.74, 6) is 1.61. The van der Waals surface area contributed by atoms with Crippen LogP contribution in [0.2, 0.25) is 0 Å². The molecule has 1 aliphatic rings. The van der Waals surface area contributed by atoms with Crippen molar-refractivity contribution in [3.05, 3.63) is 24.2 Å². The Labute approximate surface area is 162 Å². The van der Waals surface area contributed by atoms with Gasteiger partial charge in [-0.1, -0.05) is 0 Å². The number of carbonyl (C=O) groups excluding carboxylic acids is 1. The second kappa shape index (κ2) is 12.4. The number of ether oxygens (including phenoxy) is 2. The monoisotopic (exact) mass is 379 g/mol. The van der Waals surface area contributed by atoms with Crippen LogP contribution in [0.4, 0.5) is 0 Å². The standard InChI is InChI=1S/C20H33N3O4/c1-3-25-14-7-11-21-20(22-12-10-18-9-6-15-27-18)23-13-5-8-17(16-23)19(24)26-4-2/h6,9,15,17H,3-5,7-8,10-14,16H2,1-2H3,(H,21,22). The number of nitrogens with zero attached hydrogens (tertiary/aromatic N) is 2. The average molecular weight is 380 g/mol. The minimum Gasteiger partial charge on any atom is -0.469 e. The highest BCUT2D eigenvalue weighted by molar-refractivity contribution is 5.81. The lowest BCUT2D eigenvalue weighted by Gasteiger charge is -2.34. The summed E-state index contributed by atoms with van der Waals surface area (Å²) < 4.78 is 16.0. The zero-order valence-corrected chi connectivity index (χ0v) is 16.6. The first-order valence-electron chi connectivity index (χ1n) is 10.0. The van der Waals surface area contributed by atoms with E-state index in [-0.39, 0.29) is 11.9 Å². The molecule has 0 saturated carbocycles. The van der Waals surface area contributed by atoms with Crippen LogP contribution in [0.15, 0.2) is 27.8 Å². The van der Waals surface area contributed by atoms with Crippen molar-refractivity contribution < 1.29 is 18.7 Å². The van der Waals surface area contributed by atoms with E-state index in [1.807, 2.05) is 26.0 Å². The number of guanidine groups is 1. The fourth-order valence-corrected chi connectivity index (χ4v) is 3.14. The van der Waals surface area contributed by atoms with Crippen LogP contribution in [-0.2, 0) is 20.7 Å². The molecule has 2 heterocycles. The van der Waals surface area contributed by atoms with E-state index in [0.29, 0.717) is 26.3 Å². The van der Waals surface area contributed by atoms with Gasteiger partial charge in [0.2, 0.25) is 0 Å². The normalized spacial score (nSPS) is 17.8. The van der Waals surface area contributed by atoms with Crippen LogP contribution in [0.5, 0.6) is 0 Å². The number of aliphatic imine (C=N–C) groups is 1. The van der Waals surface area contributed by atoms with E-state index in [0.717, 1.165) is 57.1 Å². The molecule has 27 heavy (non-hydrogen) atoms. The van der Waals surface area contributed by atoms with Crippen LogP contribution in [0.3, 0.4) is 0 Å². The average Bonchev–Trinajstić information content (AvgIpc) is 3.20. The van der Waals surface area contributed by atoms with E-state index in [9.17, 15) is 4.79 Å². The molecule has 1 aromatic rings. The van der Waals surface area contributed by atoms with E-state index in [1.165, 1.54) is 0 Å². The number of rotatable bonds is 10. The topological polar surface area (TPSA) is 76.3 Å². The first-order chi connectivity index (χ1) is 13.2. The summed E-state index contributed by atoms with van der Waals surface area (Å²) in [6, 6.07) is 3.87. The summed E-state index contributed by atoms with van der Waals surface area (Å²) in [7, 11) is 0. The molecule has 2 rings (SSSR count). The smallest absolute Gasteiger partial charge is 0.310 e. The van der Waals surface area contributed by atoms with E-state index in [1.54, 1.807) is 6.26 Å². The number of nitrogens with one attached hydrogen (secondary N) is 1. The van der Waals surface area contributed by atoms with Gasteiger partial charge in [-0.05, 0) is 45.2 Å². The molecule has 0 bridgehead atoms. The molecule has 1 fully saturated rings. The Bertz CT molecular complexity index is 560. The molecule has 0 spiro atoms. The molecule has 1 saturated heterocycles. The lowest BCUT2D eigenvalue weighted by molar-refractivity contribution is -0.149. The molecular formula is C20H33N3O4. The second-order valence-corrected chi connectivity index (χ2v) is 6.55. The minimum atomic E-state index is -0.103. The van der Waals surface area contributed by atoms with Crippen molar-refractivity contribution in [2.24, 2.45) is 10.9 Å². The van der Waals surface area contributed by atoms with Gasteiger partial charge in [-0.15, -0.1) is 0 Å². The molecular weight excluding hydrogens is 346 g/mol. The van der Waals surface area contributed by atoms with Crippen molar-refractivity contribution in [3.63, 3.8) is 0 Å². The lowest BCUT2D eigenvalue weighted by Crippen LogP contribution is -2.48. The number of furan rings is 1. The van der Waals surface area contributed by atoms with Crippen LogP contribution in [-0.4, -0.2) is 62.8 Å². The summed E-state index contributed by atoms with van der Waals surface area (Å²) in [5, 5.41) is 3.43. The number of piperidine rings is 1. The zero-order valence-electron chi connectivity index (χ0n) is 16.6. The molecule has 0 aromatic carbocycles. The van der Waals surface area contributed by atoms with Crippen molar-refractivity contribution in [1.29, 1.82) is 0 Å². The van der Waals surface area contributed by atoms with Gasteiger partial charge in [0.05, 0.1) is 18.8 Å². The molecule has 1 atom stereocenters. The summed E-state index contributed by atoms with van der Waals surface area (Å²) in [6.07, 6.45) is 5.19. The molecule has 0 radical (unpaired) electrons. The summed E-state index contributed by atoms with van der Waals surface area (Å²) in [4.78, 5) is 19.1.